The highest BCUT2D eigenvalue weighted by atomic mass is 16.3. The molecule has 0 N–H and O–H groups in total. The highest BCUT2D eigenvalue weighted by Gasteiger charge is 2.37. The summed E-state index contributed by atoms with van der Waals surface area (Å²) in [6.07, 6.45) is 7.70. The zero-order valence-electron chi connectivity index (χ0n) is 37.4. The number of nitrogens with zero attached hydrogens (tertiary/aromatic N) is 5. The molecule has 12 aromatic rings. The van der Waals surface area contributed by atoms with Gasteiger partial charge in [-0.05, 0) is 83.3 Å². The van der Waals surface area contributed by atoms with Crippen LogP contribution in [-0.2, 0) is 0 Å². The topological polar surface area (TPSA) is 60.0 Å². The molecule has 2 aliphatic rings. The van der Waals surface area contributed by atoms with Gasteiger partial charge in [-0.25, -0.2) is 15.0 Å². The van der Waals surface area contributed by atoms with Crippen molar-refractivity contribution in [2.75, 3.05) is 4.90 Å². The van der Waals surface area contributed by atoms with E-state index in [4.69, 9.17) is 19.4 Å². The molecule has 6 nitrogen and oxygen atoms in total. The average Bonchev–Trinajstić information content (AvgIpc) is 4.09. The number of aromatic nitrogens is 4. The second kappa shape index (κ2) is 15.8. The molecule has 9 aromatic carbocycles. The van der Waals surface area contributed by atoms with Crippen molar-refractivity contribution in [1.82, 2.24) is 19.5 Å². The number of rotatable bonds is 7. The third kappa shape index (κ3) is 6.37. The lowest BCUT2D eigenvalue weighted by atomic mass is 9.91. The van der Waals surface area contributed by atoms with E-state index in [1.54, 1.807) is 0 Å². The third-order valence-electron chi connectivity index (χ3n) is 13.9. The van der Waals surface area contributed by atoms with Crippen LogP contribution in [0, 0.1) is 0 Å². The van der Waals surface area contributed by atoms with Crippen LogP contribution >= 0.6 is 0 Å². The molecule has 0 amide bonds. The van der Waals surface area contributed by atoms with E-state index in [1.807, 2.05) is 60.7 Å². The van der Waals surface area contributed by atoms with Gasteiger partial charge < -0.3 is 13.9 Å². The monoisotopic (exact) mass is 883 g/mol. The lowest BCUT2D eigenvalue weighted by molar-refractivity contribution is 0.670. The van der Waals surface area contributed by atoms with Gasteiger partial charge >= 0.3 is 0 Å². The Morgan fingerprint density at radius 2 is 1.01 bits per heavy atom. The van der Waals surface area contributed by atoms with E-state index in [0.29, 0.717) is 17.5 Å². The standard InChI is InChI=1S/C63H41N5O/c1-4-17-40(18-5-1)61-64-62(41-19-6-2-7-20-41)66-63(65-61)45-23-14-21-42(37-45)43-22-15-26-47(38-43)67-55-31-12-11-28-50(55)54-39-44(33-36-57(54)67)48-29-16-30-52-53-35-34-51-49-27-10-13-32-56(49)68(46-24-8-3-9-25-46)58(51)60(53)69-59(48)52/h1-26,28-39,49H,27H2. The number of benzene rings is 9. The predicted octanol–water partition coefficient (Wildman–Crippen LogP) is 16.3. The van der Waals surface area contributed by atoms with Crippen LogP contribution < -0.4 is 4.90 Å². The molecule has 69 heavy (non-hydrogen) atoms. The summed E-state index contributed by atoms with van der Waals surface area (Å²) in [4.78, 5) is 17.4. The Morgan fingerprint density at radius 1 is 0.420 bits per heavy atom. The number of hydrogen-bond donors (Lipinski definition) is 0. The number of furan rings is 1. The summed E-state index contributed by atoms with van der Waals surface area (Å²) in [6.45, 7) is 0. The maximum absolute atomic E-state index is 7.15. The minimum absolute atomic E-state index is 0.289. The van der Waals surface area contributed by atoms with Crippen LogP contribution in [0.25, 0.3) is 106 Å². The first-order chi connectivity index (χ1) is 34.2. The fourth-order valence-electron chi connectivity index (χ4n) is 10.7. The van der Waals surface area contributed by atoms with Gasteiger partial charge in [0, 0.05) is 66.8 Å². The highest BCUT2D eigenvalue weighted by molar-refractivity contribution is 6.16. The number of anilines is 2. The molecule has 0 saturated heterocycles. The molecule has 1 unspecified atom stereocenters. The van der Waals surface area contributed by atoms with Gasteiger partial charge in [-0.3, -0.25) is 0 Å². The van der Waals surface area contributed by atoms with Crippen LogP contribution in [0.4, 0.5) is 11.4 Å². The fraction of sp³-hybridized carbons (Fsp3) is 0.0317. The van der Waals surface area contributed by atoms with E-state index in [9.17, 15) is 0 Å². The van der Waals surface area contributed by atoms with Crippen molar-refractivity contribution in [2.45, 2.75) is 12.3 Å². The zero-order valence-corrected chi connectivity index (χ0v) is 37.4. The maximum atomic E-state index is 7.15. The minimum Gasteiger partial charge on any atom is -0.453 e. The van der Waals surface area contributed by atoms with Crippen LogP contribution in [-0.4, -0.2) is 19.5 Å². The zero-order chi connectivity index (χ0) is 45.4. The number of hydrogen-bond acceptors (Lipinski definition) is 5. The Bertz CT molecular complexity index is 4000. The van der Waals surface area contributed by atoms with Crippen molar-refractivity contribution < 1.29 is 4.42 Å². The van der Waals surface area contributed by atoms with Crippen LogP contribution in [0.15, 0.2) is 241 Å². The molecule has 324 valence electrons. The second-order valence-corrected chi connectivity index (χ2v) is 17.9. The Morgan fingerprint density at radius 3 is 1.80 bits per heavy atom. The summed E-state index contributed by atoms with van der Waals surface area (Å²) in [7, 11) is 0. The Labute approximate surface area is 398 Å². The second-order valence-electron chi connectivity index (χ2n) is 17.9. The van der Waals surface area contributed by atoms with Crippen LogP contribution in [0.5, 0.6) is 0 Å². The van der Waals surface area contributed by atoms with E-state index in [-0.39, 0.29) is 5.92 Å². The maximum Gasteiger partial charge on any atom is 0.164 e. The quantitative estimate of drug-likeness (QED) is 0.160. The van der Waals surface area contributed by atoms with Gasteiger partial charge in [-0.15, -0.1) is 0 Å². The van der Waals surface area contributed by atoms with Gasteiger partial charge in [0.2, 0.25) is 0 Å². The number of fused-ring (bicyclic) bond motifs is 10. The van der Waals surface area contributed by atoms with Crippen LogP contribution in [0.2, 0.25) is 0 Å². The molecular formula is C63H41N5O. The largest absolute Gasteiger partial charge is 0.453 e. The van der Waals surface area contributed by atoms with E-state index in [1.165, 1.54) is 22.0 Å². The fourth-order valence-corrected chi connectivity index (χ4v) is 10.7. The first-order valence-electron chi connectivity index (χ1n) is 23.5. The number of para-hydroxylation sites is 3. The Kier molecular flexibility index (Phi) is 8.92. The molecule has 1 aliphatic heterocycles. The summed E-state index contributed by atoms with van der Waals surface area (Å²) in [5.41, 5.74) is 17.3. The van der Waals surface area contributed by atoms with Gasteiger partial charge in [0.15, 0.2) is 23.1 Å². The smallest absolute Gasteiger partial charge is 0.164 e. The summed E-state index contributed by atoms with van der Waals surface area (Å²) < 4.78 is 9.54. The molecule has 0 fully saturated rings. The van der Waals surface area contributed by atoms with Crippen molar-refractivity contribution in [3.05, 3.63) is 242 Å². The van der Waals surface area contributed by atoms with Crippen molar-refractivity contribution in [2.24, 2.45) is 0 Å². The van der Waals surface area contributed by atoms with E-state index < -0.39 is 0 Å². The van der Waals surface area contributed by atoms with Gasteiger partial charge in [-0.2, -0.15) is 0 Å². The van der Waals surface area contributed by atoms with E-state index in [0.717, 1.165) is 95.4 Å². The van der Waals surface area contributed by atoms with Crippen LogP contribution in [0.1, 0.15) is 17.9 Å². The summed E-state index contributed by atoms with van der Waals surface area (Å²) >= 11 is 0. The molecule has 6 heteroatoms. The molecule has 0 saturated carbocycles. The molecule has 0 bridgehead atoms. The van der Waals surface area contributed by atoms with Gasteiger partial charge in [0.1, 0.15) is 5.58 Å². The Hall–Kier alpha value is -9.13. The summed E-state index contributed by atoms with van der Waals surface area (Å²) in [5, 5.41) is 4.62. The number of allylic oxidation sites excluding steroid dienone is 4. The lowest BCUT2D eigenvalue weighted by Crippen LogP contribution is -2.14. The molecule has 0 spiro atoms. The molecule has 0 radical (unpaired) electrons. The van der Waals surface area contributed by atoms with E-state index >= 15 is 0 Å². The normalized spacial score (nSPS) is 14.2. The lowest BCUT2D eigenvalue weighted by Gasteiger charge is -2.24. The average molecular weight is 884 g/mol. The summed E-state index contributed by atoms with van der Waals surface area (Å²) in [5.74, 6) is 2.20. The third-order valence-corrected chi connectivity index (χ3v) is 13.9. The van der Waals surface area contributed by atoms with Crippen molar-refractivity contribution in [1.29, 1.82) is 0 Å². The van der Waals surface area contributed by atoms with E-state index in [2.05, 4.69) is 179 Å². The minimum atomic E-state index is 0.289. The predicted molar refractivity (Wildman–Crippen MR) is 282 cm³/mol. The highest BCUT2D eigenvalue weighted by Crippen LogP contribution is 2.55. The molecule has 14 rings (SSSR count). The Balaban J connectivity index is 0.866. The molecule has 4 heterocycles. The first-order valence-corrected chi connectivity index (χ1v) is 23.5. The molecule has 1 aliphatic carbocycles. The summed E-state index contributed by atoms with van der Waals surface area (Å²) in [6, 6.07) is 75.0. The van der Waals surface area contributed by atoms with Gasteiger partial charge in [-0.1, -0.05) is 176 Å². The molecule has 1 atom stereocenters. The van der Waals surface area contributed by atoms with Crippen molar-refractivity contribution in [3.8, 4) is 62.1 Å². The SMILES string of the molecule is C1=CCC2C(=C1)N(c1ccccc1)c1c2ccc2c1oc1c(-c3ccc4c(c3)c3ccccc3n4-c3cccc(-c4cccc(-c5nc(-c6ccccc6)nc(-c6ccccc6)n5)c4)c3)cccc12. The van der Waals surface area contributed by atoms with Crippen molar-refractivity contribution in [3.63, 3.8) is 0 Å². The van der Waals surface area contributed by atoms with Crippen molar-refractivity contribution >= 4 is 55.1 Å². The van der Waals surface area contributed by atoms with Gasteiger partial charge in [0.25, 0.3) is 0 Å². The molecular weight excluding hydrogens is 843 g/mol. The van der Waals surface area contributed by atoms with Crippen LogP contribution in [0.3, 0.4) is 0 Å². The van der Waals surface area contributed by atoms with Gasteiger partial charge in [0.05, 0.1) is 16.7 Å². The first kappa shape index (κ1) is 39.1. The molecule has 3 aromatic heterocycles.